The number of benzene rings is 3. The quantitative estimate of drug-likeness (QED) is 0.196. The fourth-order valence-electron chi connectivity index (χ4n) is 3.48. The topological polar surface area (TPSA) is 88.4 Å². The molecule has 1 aliphatic heterocycles. The summed E-state index contributed by atoms with van der Waals surface area (Å²) in [6, 6.07) is 15.2. The number of aliphatic imine (C=N–C) groups is 1. The Balaban J connectivity index is 1.59. The molecule has 11 heteroatoms. The van der Waals surface area contributed by atoms with Gasteiger partial charge in [0.05, 0.1) is 26.3 Å². The van der Waals surface area contributed by atoms with Crippen molar-refractivity contribution in [2.24, 2.45) is 4.99 Å². The van der Waals surface area contributed by atoms with Crippen molar-refractivity contribution in [1.29, 1.82) is 0 Å². The molecule has 0 bridgehead atoms. The Morgan fingerprint density at radius 3 is 2.66 bits per heavy atom. The number of likely N-dealkylation sites (N-methyl/N-ethyl adjacent to an activating group) is 1. The molecule has 196 valence electrons. The van der Waals surface area contributed by atoms with Gasteiger partial charge in [-0.25, -0.2) is 9.79 Å². The number of hydrogen-bond acceptors (Lipinski definition) is 6. The van der Waals surface area contributed by atoms with E-state index >= 15 is 0 Å². The SMILES string of the molecule is CCOc1cc(/C=C2\SC(=Nc3cccc(C(=O)O)c3)N(C)C2=O)cc(I)c1OCc1ccc(Cl)cc1Cl. The number of carboxylic acids is 1. The van der Waals surface area contributed by atoms with Gasteiger partial charge in [0.2, 0.25) is 0 Å². The number of carboxylic acid groups (broad SMARTS) is 1. The summed E-state index contributed by atoms with van der Waals surface area (Å²) < 4.78 is 12.7. The molecular weight excluding hydrogens is 662 g/mol. The maximum Gasteiger partial charge on any atom is 0.335 e. The molecule has 38 heavy (non-hydrogen) atoms. The molecule has 1 N–H and O–H groups in total. The standard InChI is InChI=1S/C27H21Cl2IN2O5S/c1-3-36-22-10-15(9-21(30)24(22)37-14-17-7-8-18(28)13-20(17)29)11-23-25(33)32(2)27(38-23)31-19-6-4-5-16(12-19)26(34)35/h4-13H,3,14H2,1-2H3,(H,34,35)/b23-11-,31-27?. The highest BCUT2D eigenvalue weighted by atomic mass is 127. The number of hydrogen-bond donors (Lipinski definition) is 1. The van der Waals surface area contributed by atoms with Crippen LogP contribution in [0.4, 0.5) is 5.69 Å². The van der Waals surface area contributed by atoms with Gasteiger partial charge in [-0.2, -0.15) is 0 Å². The molecule has 1 heterocycles. The third-order valence-electron chi connectivity index (χ3n) is 5.34. The molecule has 0 spiro atoms. The van der Waals surface area contributed by atoms with Crippen LogP contribution in [-0.2, 0) is 11.4 Å². The highest BCUT2D eigenvalue weighted by molar-refractivity contribution is 14.1. The number of thioether (sulfide) groups is 1. The van der Waals surface area contributed by atoms with Crippen LogP contribution in [0.25, 0.3) is 6.08 Å². The molecule has 0 aromatic heterocycles. The second-order valence-corrected chi connectivity index (χ2v) is 11.0. The van der Waals surface area contributed by atoms with Gasteiger partial charge in [0.25, 0.3) is 5.91 Å². The van der Waals surface area contributed by atoms with E-state index in [2.05, 4.69) is 27.6 Å². The second kappa shape index (κ2) is 12.4. The van der Waals surface area contributed by atoms with Crippen LogP contribution in [0.3, 0.4) is 0 Å². The fourth-order valence-corrected chi connectivity index (χ4v) is 5.72. The van der Waals surface area contributed by atoms with Crippen LogP contribution in [-0.4, -0.2) is 40.7 Å². The van der Waals surface area contributed by atoms with Crippen LogP contribution in [0.15, 0.2) is 64.5 Å². The first-order valence-corrected chi connectivity index (χ1v) is 13.9. The lowest BCUT2D eigenvalue weighted by molar-refractivity contribution is -0.121. The molecule has 3 aromatic carbocycles. The van der Waals surface area contributed by atoms with Gasteiger partial charge in [0.1, 0.15) is 6.61 Å². The number of halogens is 3. The normalized spacial score (nSPS) is 15.4. The van der Waals surface area contributed by atoms with E-state index in [-0.39, 0.29) is 18.1 Å². The van der Waals surface area contributed by atoms with Crippen molar-refractivity contribution in [2.75, 3.05) is 13.7 Å². The first-order valence-electron chi connectivity index (χ1n) is 11.3. The highest BCUT2D eigenvalue weighted by Gasteiger charge is 2.30. The largest absolute Gasteiger partial charge is 0.490 e. The first kappa shape index (κ1) is 28.3. The van der Waals surface area contributed by atoms with Crippen molar-refractivity contribution in [2.45, 2.75) is 13.5 Å². The number of ether oxygens (including phenoxy) is 2. The van der Waals surface area contributed by atoms with E-state index in [1.165, 1.54) is 28.8 Å². The number of carbonyl (C=O) groups is 2. The van der Waals surface area contributed by atoms with E-state index in [1.54, 1.807) is 37.4 Å². The van der Waals surface area contributed by atoms with Gasteiger partial charge < -0.3 is 14.6 Å². The molecule has 1 amide bonds. The van der Waals surface area contributed by atoms with E-state index in [9.17, 15) is 14.7 Å². The van der Waals surface area contributed by atoms with Crippen LogP contribution in [0, 0.1) is 3.57 Å². The Morgan fingerprint density at radius 1 is 1.16 bits per heavy atom. The minimum absolute atomic E-state index is 0.123. The lowest BCUT2D eigenvalue weighted by Gasteiger charge is -2.15. The van der Waals surface area contributed by atoms with Crippen LogP contribution in [0.1, 0.15) is 28.4 Å². The molecule has 0 radical (unpaired) electrons. The summed E-state index contributed by atoms with van der Waals surface area (Å²) in [4.78, 5) is 30.6. The van der Waals surface area contributed by atoms with Gasteiger partial charge in [-0.3, -0.25) is 9.69 Å². The third kappa shape index (κ3) is 6.63. The van der Waals surface area contributed by atoms with Gasteiger partial charge in [-0.1, -0.05) is 35.3 Å². The third-order valence-corrected chi connectivity index (χ3v) is 7.79. The van der Waals surface area contributed by atoms with Gasteiger partial charge in [0.15, 0.2) is 16.7 Å². The number of amides is 1. The lowest BCUT2D eigenvalue weighted by Crippen LogP contribution is -2.23. The summed E-state index contributed by atoms with van der Waals surface area (Å²) in [6.07, 6.45) is 1.77. The maximum absolute atomic E-state index is 12.9. The van der Waals surface area contributed by atoms with Crippen LogP contribution in [0.5, 0.6) is 11.5 Å². The molecule has 3 aromatic rings. The van der Waals surface area contributed by atoms with E-state index in [1.807, 2.05) is 25.1 Å². The van der Waals surface area contributed by atoms with Gasteiger partial charge in [-0.15, -0.1) is 0 Å². The van der Waals surface area contributed by atoms with Crippen molar-refractivity contribution in [3.8, 4) is 11.5 Å². The minimum atomic E-state index is -1.04. The summed E-state index contributed by atoms with van der Waals surface area (Å²) in [5, 5.41) is 10.7. The summed E-state index contributed by atoms with van der Waals surface area (Å²) in [5.41, 5.74) is 2.12. The summed E-state index contributed by atoms with van der Waals surface area (Å²) >= 11 is 15.7. The average Bonchev–Trinajstić information content (AvgIpc) is 3.12. The van der Waals surface area contributed by atoms with Crippen molar-refractivity contribution in [3.63, 3.8) is 0 Å². The van der Waals surface area contributed by atoms with E-state index < -0.39 is 5.97 Å². The molecule has 0 unspecified atom stereocenters. The molecule has 1 fully saturated rings. The molecule has 4 rings (SSSR count). The minimum Gasteiger partial charge on any atom is -0.490 e. The van der Waals surface area contributed by atoms with E-state index in [0.29, 0.717) is 43.9 Å². The number of aromatic carboxylic acids is 1. The highest BCUT2D eigenvalue weighted by Crippen LogP contribution is 2.38. The Morgan fingerprint density at radius 2 is 1.95 bits per heavy atom. The van der Waals surface area contributed by atoms with E-state index in [4.69, 9.17) is 32.7 Å². The Kier molecular flexibility index (Phi) is 9.24. The summed E-state index contributed by atoms with van der Waals surface area (Å²) in [6.45, 7) is 2.54. The van der Waals surface area contributed by atoms with Crippen molar-refractivity contribution in [1.82, 2.24) is 4.90 Å². The maximum atomic E-state index is 12.9. The average molecular weight is 683 g/mol. The van der Waals surface area contributed by atoms with Crippen molar-refractivity contribution < 1.29 is 24.2 Å². The van der Waals surface area contributed by atoms with Gasteiger partial charge in [-0.05, 0) is 95.4 Å². The smallest absolute Gasteiger partial charge is 0.335 e. The van der Waals surface area contributed by atoms with Crippen LogP contribution < -0.4 is 9.47 Å². The molecular formula is C27H21Cl2IN2O5S. The predicted octanol–water partition coefficient (Wildman–Crippen LogP) is 7.51. The van der Waals surface area contributed by atoms with Gasteiger partial charge in [0, 0.05) is 22.7 Å². The molecule has 0 aliphatic carbocycles. The number of rotatable bonds is 8. The molecule has 1 saturated heterocycles. The molecule has 0 atom stereocenters. The second-order valence-electron chi connectivity index (χ2n) is 8.01. The lowest BCUT2D eigenvalue weighted by atomic mass is 10.1. The summed E-state index contributed by atoms with van der Waals surface area (Å²) in [5.74, 6) is -0.142. The van der Waals surface area contributed by atoms with Crippen LogP contribution >= 0.6 is 57.6 Å². The number of carbonyl (C=O) groups excluding carboxylic acids is 1. The number of nitrogens with zero attached hydrogens (tertiary/aromatic N) is 2. The van der Waals surface area contributed by atoms with Gasteiger partial charge >= 0.3 is 5.97 Å². The zero-order chi connectivity index (χ0) is 27.4. The van der Waals surface area contributed by atoms with Crippen LogP contribution in [0.2, 0.25) is 10.0 Å². The molecule has 7 nitrogen and oxygen atoms in total. The Hall–Kier alpha value is -2.73. The number of amidine groups is 1. The Bertz CT molecular complexity index is 1480. The first-order chi connectivity index (χ1) is 18.2. The molecule has 0 saturated carbocycles. The zero-order valence-electron chi connectivity index (χ0n) is 20.2. The molecule has 1 aliphatic rings. The predicted molar refractivity (Wildman–Crippen MR) is 160 cm³/mol. The van der Waals surface area contributed by atoms with Crippen molar-refractivity contribution in [3.05, 3.63) is 89.8 Å². The Labute approximate surface area is 247 Å². The fraction of sp³-hybridized carbons (Fsp3) is 0.148. The van der Waals surface area contributed by atoms with E-state index in [0.717, 1.165) is 14.7 Å². The zero-order valence-corrected chi connectivity index (χ0v) is 24.7. The summed E-state index contributed by atoms with van der Waals surface area (Å²) in [7, 11) is 1.63. The van der Waals surface area contributed by atoms with Crippen molar-refractivity contribution >= 4 is 86.4 Å². The monoisotopic (exact) mass is 682 g/mol.